The molecular formula is C17H18N2O2S. The maximum Gasteiger partial charge on any atom is 0.278 e. The molecule has 0 aliphatic rings. The third kappa shape index (κ3) is 4.05. The zero-order valence-electron chi connectivity index (χ0n) is 12.5. The minimum Gasteiger partial charge on any atom is -0.200 e. The molecule has 114 valence electrons. The van der Waals surface area contributed by atoms with Crippen molar-refractivity contribution in [3.63, 3.8) is 0 Å². The van der Waals surface area contributed by atoms with E-state index in [1.54, 1.807) is 30.3 Å². The maximum atomic E-state index is 12.3. The highest BCUT2D eigenvalue weighted by molar-refractivity contribution is 7.89. The fourth-order valence-electron chi connectivity index (χ4n) is 1.78. The van der Waals surface area contributed by atoms with Gasteiger partial charge in [-0.05, 0) is 30.7 Å². The van der Waals surface area contributed by atoms with Crippen molar-refractivity contribution in [2.24, 2.45) is 5.10 Å². The Morgan fingerprint density at radius 2 is 1.64 bits per heavy atom. The van der Waals surface area contributed by atoms with Gasteiger partial charge in [0.15, 0.2) is 0 Å². The predicted molar refractivity (Wildman–Crippen MR) is 90.1 cm³/mol. The van der Waals surface area contributed by atoms with Crippen molar-refractivity contribution in [3.8, 4) is 0 Å². The van der Waals surface area contributed by atoms with Gasteiger partial charge in [0.05, 0.1) is 4.90 Å². The van der Waals surface area contributed by atoms with Gasteiger partial charge in [0.2, 0.25) is 0 Å². The van der Waals surface area contributed by atoms with E-state index >= 15 is 0 Å². The molecule has 0 saturated heterocycles. The number of sulfonamides is 1. The molecule has 4 nitrogen and oxygen atoms in total. The lowest BCUT2D eigenvalue weighted by Gasteiger charge is -2.13. The summed E-state index contributed by atoms with van der Waals surface area (Å²) in [6, 6.07) is 16.4. The van der Waals surface area contributed by atoms with Crippen molar-refractivity contribution in [1.82, 2.24) is 4.41 Å². The monoisotopic (exact) mass is 314 g/mol. The van der Waals surface area contributed by atoms with Crippen LogP contribution in [0, 0.1) is 6.92 Å². The second-order valence-electron chi connectivity index (χ2n) is 4.79. The Morgan fingerprint density at radius 3 is 2.27 bits per heavy atom. The molecule has 2 rings (SSSR count). The molecular weight excluding hydrogens is 296 g/mol. The first kappa shape index (κ1) is 16.0. The largest absolute Gasteiger partial charge is 0.278 e. The molecule has 0 heterocycles. The van der Waals surface area contributed by atoms with E-state index in [4.69, 9.17) is 0 Å². The maximum absolute atomic E-state index is 12.3. The van der Waals surface area contributed by atoms with Crippen molar-refractivity contribution in [2.75, 3.05) is 7.05 Å². The Morgan fingerprint density at radius 1 is 1.00 bits per heavy atom. The molecule has 22 heavy (non-hydrogen) atoms. The predicted octanol–water partition coefficient (Wildman–Crippen LogP) is 3.31. The summed E-state index contributed by atoms with van der Waals surface area (Å²) in [7, 11) is -2.18. The van der Waals surface area contributed by atoms with E-state index in [1.165, 1.54) is 13.3 Å². The fourth-order valence-corrected chi connectivity index (χ4v) is 2.74. The van der Waals surface area contributed by atoms with Gasteiger partial charge < -0.3 is 0 Å². The topological polar surface area (TPSA) is 49.7 Å². The second kappa shape index (κ2) is 7.04. The van der Waals surface area contributed by atoms with E-state index in [0.717, 1.165) is 15.5 Å². The standard InChI is InChI=1S/C17H18N2O2S/c1-15-10-12-17(13-11-15)22(20,21)19(2)18-14-6-9-16-7-4-3-5-8-16/h3-14H,1-2H3/b9-6+,18-14+. The average Bonchev–Trinajstić information content (AvgIpc) is 2.52. The number of hydrazone groups is 1. The highest BCUT2D eigenvalue weighted by Gasteiger charge is 2.18. The van der Waals surface area contributed by atoms with E-state index < -0.39 is 10.0 Å². The summed E-state index contributed by atoms with van der Waals surface area (Å²) < 4.78 is 25.6. The van der Waals surface area contributed by atoms with Crippen LogP contribution in [-0.4, -0.2) is 26.1 Å². The molecule has 0 spiro atoms. The van der Waals surface area contributed by atoms with E-state index in [9.17, 15) is 8.42 Å². The normalized spacial score (nSPS) is 12.1. The van der Waals surface area contributed by atoms with Crippen LogP contribution in [0.5, 0.6) is 0 Å². The van der Waals surface area contributed by atoms with Gasteiger partial charge in [0.1, 0.15) is 0 Å². The Hall–Kier alpha value is -2.40. The second-order valence-corrected chi connectivity index (χ2v) is 6.74. The van der Waals surface area contributed by atoms with Crippen LogP contribution in [0.25, 0.3) is 6.08 Å². The highest BCUT2D eigenvalue weighted by Crippen LogP contribution is 2.14. The molecule has 2 aromatic carbocycles. The third-order valence-corrected chi connectivity index (χ3v) is 4.73. The summed E-state index contributed by atoms with van der Waals surface area (Å²) in [6.07, 6.45) is 5.02. The number of hydrogen-bond donors (Lipinski definition) is 0. The summed E-state index contributed by atoms with van der Waals surface area (Å²) in [5.41, 5.74) is 2.04. The summed E-state index contributed by atoms with van der Waals surface area (Å²) in [5, 5.41) is 3.94. The highest BCUT2D eigenvalue weighted by atomic mass is 32.2. The zero-order chi connectivity index (χ0) is 16.0. The van der Waals surface area contributed by atoms with E-state index in [2.05, 4.69) is 5.10 Å². The van der Waals surface area contributed by atoms with E-state index in [-0.39, 0.29) is 4.90 Å². The first-order valence-electron chi connectivity index (χ1n) is 6.81. The van der Waals surface area contributed by atoms with E-state index in [0.29, 0.717) is 0 Å². The summed E-state index contributed by atoms with van der Waals surface area (Å²) >= 11 is 0. The van der Waals surface area contributed by atoms with Crippen molar-refractivity contribution in [1.29, 1.82) is 0 Å². The van der Waals surface area contributed by atoms with Gasteiger partial charge in [0, 0.05) is 13.3 Å². The third-order valence-electron chi connectivity index (χ3n) is 3.07. The smallest absolute Gasteiger partial charge is 0.200 e. The molecule has 2 aromatic rings. The lowest BCUT2D eigenvalue weighted by Crippen LogP contribution is -2.21. The van der Waals surface area contributed by atoms with E-state index in [1.807, 2.05) is 43.3 Å². The summed E-state index contributed by atoms with van der Waals surface area (Å²) in [5.74, 6) is 0. The first-order chi connectivity index (χ1) is 10.5. The zero-order valence-corrected chi connectivity index (χ0v) is 13.4. The molecule has 0 amide bonds. The van der Waals surface area contributed by atoms with Crippen molar-refractivity contribution in [2.45, 2.75) is 11.8 Å². The lowest BCUT2D eigenvalue weighted by molar-refractivity contribution is 0.491. The molecule has 0 aromatic heterocycles. The molecule has 0 fully saturated rings. The SMILES string of the molecule is Cc1ccc(S(=O)(=O)N(C)/N=C/C=C/c2ccccc2)cc1. The number of aryl methyl sites for hydroxylation is 1. The van der Waals surface area contributed by atoms with Crippen LogP contribution in [0.3, 0.4) is 0 Å². The molecule has 0 radical (unpaired) electrons. The molecule has 0 unspecified atom stereocenters. The molecule has 0 bridgehead atoms. The van der Waals surface area contributed by atoms with Gasteiger partial charge in [-0.15, -0.1) is 0 Å². The molecule has 0 aliphatic carbocycles. The number of hydrogen-bond acceptors (Lipinski definition) is 3. The van der Waals surface area contributed by atoms with Gasteiger partial charge in [0.25, 0.3) is 10.0 Å². The van der Waals surface area contributed by atoms with Crippen LogP contribution in [-0.2, 0) is 10.0 Å². The first-order valence-corrected chi connectivity index (χ1v) is 8.25. The van der Waals surface area contributed by atoms with Gasteiger partial charge in [-0.3, -0.25) is 0 Å². The van der Waals surface area contributed by atoms with Gasteiger partial charge >= 0.3 is 0 Å². The van der Waals surface area contributed by atoms with Crippen molar-refractivity contribution in [3.05, 3.63) is 71.8 Å². The number of rotatable bonds is 5. The van der Waals surface area contributed by atoms with Crippen LogP contribution in [0.1, 0.15) is 11.1 Å². The lowest BCUT2D eigenvalue weighted by atomic mass is 10.2. The number of allylic oxidation sites excluding steroid dienone is 1. The fraction of sp³-hybridized carbons (Fsp3) is 0.118. The van der Waals surface area contributed by atoms with Gasteiger partial charge in [-0.2, -0.15) is 17.9 Å². The van der Waals surface area contributed by atoms with Crippen LogP contribution in [0.4, 0.5) is 0 Å². The Bertz CT molecular complexity index is 764. The average molecular weight is 314 g/mol. The van der Waals surface area contributed by atoms with Crippen molar-refractivity contribution >= 4 is 22.3 Å². The molecule has 0 aliphatic heterocycles. The summed E-state index contributed by atoms with van der Waals surface area (Å²) in [6.45, 7) is 1.91. The molecule has 0 atom stereocenters. The minimum atomic E-state index is -3.60. The number of benzene rings is 2. The Kier molecular flexibility index (Phi) is 5.12. The van der Waals surface area contributed by atoms with Gasteiger partial charge in [-0.25, -0.2) is 0 Å². The van der Waals surface area contributed by atoms with Crippen LogP contribution in [0.2, 0.25) is 0 Å². The Labute approximate surface area is 131 Å². The molecule has 0 N–H and O–H groups in total. The molecule has 5 heteroatoms. The van der Waals surface area contributed by atoms with Crippen LogP contribution >= 0.6 is 0 Å². The summed E-state index contributed by atoms with van der Waals surface area (Å²) in [4.78, 5) is 0.227. The minimum absolute atomic E-state index is 0.227. The van der Waals surface area contributed by atoms with Crippen LogP contribution < -0.4 is 0 Å². The Balaban J connectivity index is 2.07. The quantitative estimate of drug-likeness (QED) is 0.628. The number of nitrogens with zero attached hydrogens (tertiary/aromatic N) is 2. The molecule has 0 saturated carbocycles. The van der Waals surface area contributed by atoms with Crippen LogP contribution in [0.15, 0.2) is 70.7 Å². The van der Waals surface area contributed by atoms with Crippen molar-refractivity contribution < 1.29 is 8.42 Å². The van der Waals surface area contributed by atoms with Gasteiger partial charge in [-0.1, -0.05) is 54.1 Å².